The fourth-order valence-electron chi connectivity index (χ4n) is 2.63. The van der Waals surface area contributed by atoms with Crippen LogP contribution in [0.3, 0.4) is 0 Å². The van der Waals surface area contributed by atoms with E-state index >= 15 is 0 Å². The summed E-state index contributed by atoms with van der Waals surface area (Å²) in [5, 5.41) is 18.3. The Balaban J connectivity index is 1.79. The molecular weight excluding hydrogens is 370 g/mol. The number of aromatic nitrogens is 5. The molecule has 0 fully saturated rings. The van der Waals surface area contributed by atoms with Crippen molar-refractivity contribution in [1.29, 1.82) is 0 Å². The summed E-state index contributed by atoms with van der Waals surface area (Å²) in [6.45, 7) is 4.89. The minimum Gasteiger partial charge on any atom is -0.425 e. The Bertz CT molecular complexity index is 830. The molecule has 0 aliphatic heterocycles. The maximum Gasteiger partial charge on any atom is 0.226 e. The molecule has 3 rings (SSSR count). The first kappa shape index (κ1) is 18.9. The highest BCUT2D eigenvalue weighted by molar-refractivity contribution is 7.98. The van der Waals surface area contributed by atoms with Crippen LogP contribution in [0, 0.1) is 6.92 Å². The van der Waals surface area contributed by atoms with Crippen LogP contribution in [-0.4, -0.2) is 25.0 Å². The van der Waals surface area contributed by atoms with E-state index in [4.69, 9.17) is 16.0 Å². The highest BCUT2D eigenvalue weighted by Crippen LogP contribution is 2.27. The molecule has 138 valence electrons. The Morgan fingerprint density at radius 2 is 1.85 bits per heavy atom. The van der Waals surface area contributed by atoms with Gasteiger partial charge in [-0.25, -0.2) is 0 Å². The second-order valence-electron chi connectivity index (χ2n) is 6.03. The van der Waals surface area contributed by atoms with E-state index in [0.29, 0.717) is 22.6 Å². The van der Waals surface area contributed by atoms with Gasteiger partial charge in [-0.2, -0.15) is 0 Å². The number of hydrogen-bond donors (Lipinski definition) is 0. The molecule has 0 aliphatic rings. The first-order valence-electron chi connectivity index (χ1n) is 8.78. The van der Waals surface area contributed by atoms with E-state index in [9.17, 15) is 0 Å². The van der Waals surface area contributed by atoms with E-state index in [1.54, 1.807) is 18.7 Å². The van der Waals surface area contributed by atoms with Gasteiger partial charge in [0.25, 0.3) is 0 Å². The van der Waals surface area contributed by atoms with Crippen LogP contribution in [0.25, 0.3) is 11.4 Å². The van der Waals surface area contributed by atoms with Gasteiger partial charge in [-0.05, 0) is 30.7 Å². The van der Waals surface area contributed by atoms with Crippen LogP contribution in [-0.2, 0) is 12.3 Å². The van der Waals surface area contributed by atoms with Crippen LogP contribution in [0.4, 0.5) is 0 Å². The quantitative estimate of drug-likeness (QED) is 0.370. The maximum absolute atomic E-state index is 6.01. The summed E-state index contributed by atoms with van der Waals surface area (Å²) in [5.41, 5.74) is 1.01. The van der Waals surface area contributed by atoms with Crippen molar-refractivity contribution in [2.24, 2.45) is 0 Å². The summed E-state index contributed by atoms with van der Waals surface area (Å²) in [4.78, 5) is 0. The Kier molecular flexibility index (Phi) is 6.68. The van der Waals surface area contributed by atoms with Gasteiger partial charge < -0.3 is 8.98 Å². The van der Waals surface area contributed by atoms with E-state index in [0.717, 1.165) is 29.5 Å². The SMILES string of the molecule is CCCCCCn1c(SCc2nnc(C)o2)nnc1-c1ccc(Cl)cc1. The van der Waals surface area contributed by atoms with E-state index in [2.05, 4.69) is 31.9 Å². The van der Waals surface area contributed by atoms with Gasteiger partial charge in [-0.3, -0.25) is 0 Å². The smallest absolute Gasteiger partial charge is 0.226 e. The lowest BCUT2D eigenvalue weighted by Crippen LogP contribution is -2.03. The number of thioether (sulfide) groups is 1. The fraction of sp³-hybridized carbons (Fsp3) is 0.444. The van der Waals surface area contributed by atoms with Crippen LogP contribution in [0.15, 0.2) is 33.8 Å². The third-order valence-corrected chi connectivity index (χ3v) is 5.15. The fourth-order valence-corrected chi connectivity index (χ4v) is 3.56. The summed E-state index contributed by atoms with van der Waals surface area (Å²) in [5.74, 6) is 2.61. The summed E-state index contributed by atoms with van der Waals surface area (Å²) >= 11 is 7.57. The van der Waals surface area contributed by atoms with Gasteiger partial charge in [0.2, 0.25) is 11.8 Å². The summed E-state index contributed by atoms with van der Waals surface area (Å²) in [6, 6.07) is 7.71. The molecule has 6 nitrogen and oxygen atoms in total. The van der Waals surface area contributed by atoms with Gasteiger partial charge in [0.05, 0.1) is 5.75 Å². The second-order valence-corrected chi connectivity index (χ2v) is 7.41. The zero-order valence-electron chi connectivity index (χ0n) is 15.0. The average molecular weight is 392 g/mol. The Hall–Kier alpha value is -1.86. The number of rotatable bonds is 9. The molecule has 0 saturated heterocycles. The summed E-state index contributed by atoms with van der Waals surface area (Å²) < 4.78 is 7.62. The van der Waals surface area contributed by atoms with Crippen LogP contribution in [0.5, 0.6) is 0 Å². The standard InChI is InChI=1S/C18H22ClN5OS/c1-3-4-5-6-11-24-17(14-7-9-15(19)10-8-14)22-23-18(24)26-12-16-21-20-13(2)25-16/h7-10H,3-6,11-12H2,1-2H3. The number of unbranched alkanes of at least 4 members (excludes halogenated alkanes) is 3. The monoisotopic (exact) mass is 391 g/mol. The number of aryl methyl sites for hydroxylation is 1. The Labute approximate surface area is 162 Å². The van der Waals surface area contributed by atoms with Crippen LogP contribution in [0.1, 0.15) is 44.4 Å². The number of nitrogens with zero attached hydrogens (tertiary/aromatic N) is 5. The van der Waals surface area contributed by atoms with Crippen molar-refractivity contribution in [3.05, 3.63) is 41.1 Å². The van der Waals surface area contributed by atoms with E-state index < -0.39 is 0 Å². The summed E-state index contributed by atoms with van der Waals surface area (Å²) in [6.07, 6.45) is 4.74. The van der Waals surface area contributed by atoms with E-state index in [-0.39, 0.29) is 0 Å². The van der Waals surface area contributed by atoms with E-state index in [1.165, 1.54) is 19.3 Å². The molecule has 0 saturated carbocycles. The molecule has 0 spiro atoms. The molecule has 0 unspecified atom stereocenters. The summed E-state index contributed by atoms with van der Waals surface area (Å²) in [7, 11) is 0. The predicted molar refractivity (Wildman–Crippen MR) is 103 cm³/mol. The van der Waals surface area contributed by atoms with Gasteiger partial charge in [-0.15, -0.1) is 20.4 Å². The van der Waals surface area contributed by atoms with Crippen molar-refractivity contribution in [3.8, 4) is 11.4 Å². The van der Waals surface area contributed by atoms with Gasteiger partial charge in [0.1, 0.15) is 0 Å². The van der Waals surface area contributed by atoms with Gasteiger partial charge in [0, 0.05) is 24.1 Å². The Morgan fingerprint density at radius 3 is 2.54 bits per heavy atom. The molecule has 26 heavy (non-hydrogen) atoms. The average Bonchev–Trinajstić information content (AvgIpc) is 3.24. The third-order valence-electron chi connectivity index (χ3n) is 3.95. The molecule has 0 bridgehead atoms. The van der Waals surface area contributed by atoms with Crippen molar-refractivity contribution in [2.45, 2.75) is 57.0 Å². The number of halogens is 1. The van der Waals surface area contributed by atoms with Crippen LogP contribution in [0.2, 0.25) is 5.02 Å². The molecule has 0 amide bonds. The largest absolute Gasteiger partial charge is 0.425 e. The normalized spacial score (nSPS) is 11.2. The lowest BCUT2D eigenvalue weighted by atomic mass is 10.2. The van der Waals surface area contributed by atoms with Crippen molar-refractivity contribution >= 4 is 23.4 Å². The van der Waals surface area contributed by atoms with Gasteiger partial charge >= 0.3 is 0 Å². The van der Waals surface area contributed by atoms with Crippen molar-refractivity contribution in [3.63, 3.8) is 0 Å². The molecule has 3 aromatic rings. The van der Waals surface area contributed by atoms with Crippen molar-refractivity contribution in [2.75, 3.05) is 0 Å². The lowest BCUT2D eigenvalue weighted by Gasteiger charge is -2.10. The van der Waals surface area contributed by atoms with Crippen molar-refractivity contribution in [1.82, 2.24) is 25.0 Å². The molecule has 0 atom stereocenters. The lowest BCUT2D eigenvalue weighted by molar-refractivity contribution is 0.485. The zero-order chi connectivity index (χ0) is 18.4. The molecule has 0 aliphatic carbocycles. The molecule has 8 heteroatoms. The van der Waals surface area contributed by atoms with Crippen LogP contribution >= 0.6 is 23.4 Å². The third kappa shape index (κ3) is 4.86. The number of benzene rings is 1. The van der Waals surface area contributed by atoms with E-state index in [1.807, 2.05) is 24.3 Å². The molecule has 1 aromatic carbocycles. The first-order valence-corrected chi connectivity index (χ1v) is 10.1. The molecule has 2 aromatic heterocycles. The zero-order valence-corrected chi connectivity index (χ0v) is 16.6. The van der Waals surface area contributed by atoms with Crippen molar-refractivity contribution < 1.29 is 4.42 Å². The Morgan fingerprint density at radius 1 is 1.04 bits per heavy atom. The predicted octanol–water partition coefficient (Wildman–Crippen LogP) is 5.16. The van der Waals surface area contributed by atoms with Crippen LogP contribution < -0.4 is 0 Å². The second kappa shape index (κ2) is 9.19. The minimum atomic E-state index is 0.573. The number of hydrogen-bond acceptors (Lipinski definition) is 6. The highest BCUT2D eigenvalue weighted by Gasteiger charge is 2.15. The highest BCUT2D eigenvalue weighted by atomic mass is 35.5. The molecule has 2 heterocycles. The topological polar surface area (TPSA) is 69.6 Å². The van der Waals surface area contributed by atoms with Gasteiger partial charge in [-0.1, -0.05) is 49.5 Å². The maximum atomic E-state index is 6.01. The molecule has 0 N–H and O–H groups in total. The molecular formula is C18H22ClN5OS. The minimum absolute atomic E-state index is 0.573. The molecule has 0 radical (unpaired) electrons. The first-order chi connectivity index (χ1) is 12.7. The van der Waals surface area contributed by atoms with Gasteiger partial charge in [0.15, 0.2) is 11.0 Å².